The second-order valence-corrected chi connectivity index (χ2v) is 6.75. The molecular weight excluding hydrogens is 292 g/mol. The predicted octanol–water partition coefficient (Wildman–Crippen LogP) is 4.79. The van der Waals surface area contributed by atoms with E-state index in [2.05, 4.69) is 89.3 Å². The average Bonchev–Trinajstić information content (AvgIpc) is 2.97. The number of aromatic nitrogens is 1. The molecule has 2 heteroatoms. The van der Waals surface area contributed by atoms with Gasteiger partial charge in [-0.2, -0.15) is 0 Å². The van der Waals surface area contributed by atoms with Gasteiger partial charge in [-0.25, -0.2) is 0 Å². The van der Waals surface area contributed by atoms with Crippen molar-refractivity contribution < 1.29 is 0 Å². The Morgan fingerprint density at radius 2 is 1.79 bits per heavy atom. The number of hydrogen-bond donors (Lipinski definition) is 0. The highest BCUT2D eigenvalue weighted by Gasteiger charge is 2.27. The molecule has 2 heterocycles. The monoisotopic (exact) mass is 316 g/mol. The molecule has 4 rings (SSSR count). The Morgan fingerprint density at radius 3 is 2.62 bits per heavy atom. The number of rotatable bonds is 3. The van der Waals surface area contributed by atoms with Gasteiger partial charge in [0.05, 0.1) is 6.04 Å². The van der Waals surface area contributed by atoms with E-state index in [1.165, 1.54) is 28.8 Å². The molecule has 1 aromatic heterocycles. The zero-order valence-electron chi connectivity index (χ0n) is 14.2. The SMILES string of the molecule is Cc1cccc(CN2CCCn3cccc3[C@@H]2c2ccccc2)c1. The summed E-state index contributed by atoms with van der Waals surface area (Å²) in [4.78, 5) is 2.63. The first-order valence-corrected chi connectivity index (χ1v) is 8.81. The Balaban J connectivity index is 1.73. The third kappa shape index (κ3) is 3.02. The lowest BCUT2D eigenvalue weighted by atomic mass is 10.0. The van der Waals surface area contributed by atoms with Crippen molar-refractivity contribution in [2.24, 2.45) is 0 Å². The molecule has 0 saturated carbocycles. The van der Waals surface area contributed by atoms with Gasteiger partial charge in [-0.3, -0.25) is 4.90 Å². The first-order valence-electron chi connectivity index (χ1n) is 8.81. The fraction of sp³-hybridized carbons (Fsp3) is 0.273. The summed E-state index contributed by atoms with van der Waals surface area (Å²) in [6.07, 6.45) is 3.41. The topological polar surface area (TPSA) is 8.17 Å². The van der Waals surface area contributed by atoms with E-state index in [-0.39, 0.29) is 0 Å². The molecule has 0 amide bonds. The molecule has 1 aliphatic heterocycles. The maximum Gasteiger partial charge on any atom is 0.0759 e. The number of aryl methyl sites for hydroxylation is 2. The molecule has 122 valence electrons. The van der Waals surface area contributed by atoms with Gasteiger partial charge in [0.15, 0.2) is 0 Å². The van der Waals surface area contributed by atoms with E-state index >= 15 is 0 Å². The summed E-state index contributed by atoms with van der Waals surface area (Å²) in [5.74, 6) is 0. The fourth-order valence-electron chi connectivity index (χ4n) is 3.87. The Hall–Kier alpha value is -2.32. The van der Waals surface area contributed by atoms with Crippen molar-refractivity contribution in [2.45, 2.75) is 32.5 Å². The second kappa shape index (κ2) is 6.66. The van der Waals surface area contributed by atoms with Crippen LogP contribution in [0.1, 0.15) is 34.8 Å². The van der Waals surface area contributed by atoms with Gasteiger partial charge in [0.2, 0.25) is 0 Å². The molecule has 0 radical (unpaired) electrons. The lowest BCUT2D eigenvalue weighted by Gasteiger charge is -2.30. The van der Waals surface area contributed by atoms with Crippen LogP contribution in [0.3, 0.4) is 0 Å². The third-order valence-electron chi connectivity index (χ3n) is 4.94. The maximum atomic E-state index is 2.63. The van der Waals surface area contributed by atoms with Crippen LogP contribution in [0.5, 0.6) is 0 Å². The molecule has 0 unspecified atom stereocenters. The van der Waals surface area contributed by atoms with E-state index in [0.717, 1.165) is 19.6 Å². The first-order chi connectivity index (χ1) is 11.8. The van der Waals surface area contributed by atoms with Crippen LogP contribution in [-0.2, 0) is 13.1 Å². The molecule has 0 fully saturated rings. The van der Waals surface area contributed by atoms with Gasteiger partial charge in [0.1, 0.15) is 0 Å². The third-order valence-corrected chi connectivity index (χ3v) is 4.94. The van der Waals surface area contributed by atoms with E-state index in [0.29, 0.717) is 6.04 Å². The van der Waals surface area contributed by atoms with Crippen LogP contribution in [0.4, 0.5) is 0 Å². The Kier molecular flexibility index (Phi) is 4.22. The summed E-state index contributed by atoms with van der Waals surface area (Å²) in [6.45, 7) is 5.39. The van der Waals surface area contributed by atoms with Crippen LogP contribution < -0.4 is 0 Å². The lowest BCUT2D eigenvalue weighted by Crippen LogP contribution is -2.29. The van der Waals surface area contributed by atoms with Crippen molar-refractivity contribution in [2.75, 3.05) is 6.54 Å². The highest BCUT2D eigenvalue weighted by molar-refractivity contribution is 5.30. The van der Waals surface area contributed by atoms with E-state index in [4.69, 9.17) is 0 Å². The molecule has 24 heavy (non-hydrogen) atoms. The number of nitrogens with zero attached hydrogens (tertiary/aromatic N) is 2. The smallest absolute Gasteiger partial charge is 0.0759 e. The number of benzene rings is 2. The van der Waals surface area contributed by atoms with E-state index in [1.807, 2.05) is 0 Å². The summed E-state index contributed by atoms with van der Waals surface area (Å²) in [6, 6.07) is 24.6. The van der Waals surface area contributed by atoms with Gasteiger partial charge in [-0.15, -0.1) is 0 Å². The van der Waals surface area contributed by atoms with E-state index in [9.17, 15) is 0 Å². The van der Waals surface area contributed by atoms with Gasteiger partial charge in [-0.05, 0) is 36.6 Å². The molecule has 2 aromatic carbocycles. The summed E-state index contributed by atoms with van der Waals surface area (Å²) in [7, 11) is 0. The van der Waals surface area contributed by atoms with Crippen molar-refractivity contribution >= 4 is 0 Å². The molecule has 1 aliphatic rings. The van der Waals surface area contributed by atoms with Crippen molar-refractivity contribution in [3.63, 3.8) is 0 Å². The van der Waals surface area contributed by atoms with Crippen LogP contribution >= 0.6 is 0 Å². The highest BCUT2D eigenvalue weighted by Crippen LogP contribution is 2.32. The minimum Gasteiger partial charge on any atom is -0.350 e. The van der Waals surface area contributed by atoms with Gasteiger partial charge in [-0.1, -0.05) is 60.2 Å². The minimum absolute atomic E-state index is 0.323. The predicted molar refractivity (Wildman–Crippen MR) is 98.9 cm³/mol. The summed E-state index contributed by atoms with van der Waals surface area (Å²) in [5.41, 5.74) is 5.52. The molecule has 1 atom stereocenters. The van der Waals surface area contributed by atoms with Gasteiger partial charge in [0, 0.05) is 31.5 Å². The minimum atomic E-state index is 0.323. The maximum absolute atomic E-state index is 2.63. The molecule has 0 saturated heterocycles. The molecule has 2 nitrogen and oxygen atoms in total. The normalized spacial score (nSPS) is 18.1. The van der Waals surface area contributed by atoms with Crippen LogP contribution in [-0.4, -0.2) is 16.0 Å². The van der Waals surface area contributed by atoms with Gasteiger partial charge >= 0.3 is 0 Å². The van der Waals surface area contributed by atoms with Crippen molar-refractivity contribution in [3.05, 3.63) is 95.3 Å². The van der Waals surface area contributed by atoms with Crippen LogP contribution in [0.2, 0.25) is 0 Å². The molecule has 0 N–H and O–H groups in total. The summed E-state index contributed by atoms with van der Waals surface area (Å²) in [5, 5.41) is 0. The first kappa shape index (κ1) is 15.2. The van der Waals surface area contributed by atoms with Gasteiger partial charge < -0.3 is 4.57 Å². The van der Waals surface area contributed by atoms with Crippen molar-refractivity contribution in [3.8, 4) is 0 Å². The Bertz CT molecular complexity index is 804. The zero-order chi connectivity index (χ0) is 16.4. The molecule has 3 aromatic rings. The van der Waals surface area contributed by atoms with E-state index in [1.54, 1.807) is 0 Å². The molecular formula is C22H24N2. The molecule has 0 aliphatic carbocycles. The lowest BCUT2D eigenvalue weighted by molar-refractivity contribution is 0.220. The zero-order valence-corrected chi connectivity index (χ0v) is 14.2. The number of hydrogen-bond acceptors (Lipinski definition) is 1. The van der Waals surface area contributed by atoms with Crippen LogP contribution in [0, 0.1) is 6.92 Å². The largest absolute Gasteiger partial charge is 0.350 e. The average molecular weight is 316 g/mol. The fourth-order valence-corrected chi connectivity index (χ4v) is 3.87. The van der Waals surface area contributed by atoms with E-state index < -0.39 is 0 Å². The second-order valence-electron chi connectivity index (χ2n) is 6.75. The number of fused-ring (bicyclic) bond motifs is 1. The quantitative estimate of drug-likeness (QED) is 0.674. The molecule has 0 bridgehead atoms. The molecule has 0 spiro atoms. The Labute approximate surface area is 144 Å². The van der Waals surface area contributed by atoms with Crippen molar-refractivity contribution in [1.29, 1.82) is 0 Å². The van der Waals surface area contributed by atoms with Crippen LogP contribution in [0.25, 0.3) is 0 Å². The Morgan fingerprint density at radius 1 is 0.917 bits per heavy atom. The van der Waals surface area contributed by atoms with Gasteiger partial charge in [0.25, 0.3) is 0 Å². The standard InChI is InChI=1S/C22H24N2/c1-18-8-5-9-19(16-18)17-24-15-7-14-23-13-6-12-21(23)22(24)20-10-3-2-4-11-20/h2-6,8-13,16,22H,7,14-15,17H2,1H3/t22-/m0/s1. The summed E-state index contributed by atoms with van der Waals surface area (Å²) >= 11 is 0. The highest BCUT2D eigenvalue weighted by atomic mass is 15.2. The summed E-state index contributed by atoms with van der Waals surface area (Å²) < 4.78 is 2.42. The van der Waals surface area contributed by atoms with Crippen molar-refractivity contribution in [1.82, 2.24) is 9.47 Å². The van der Waals surface area contributed by atoms with Crippen LogP contribution in [0.15, 0.2) is 72.9 Å².